The zero-order valence-electron chi connectivity index (χ0n) is 14.9. The summed E-state index contributed by atoms with van der Waals surface area (Å²) in [5, 5.41) is 12.2. The highest BCUT2D eigenvalue weighted by molar-refractivity contribution is 7.14. The maximum atomic E-state index is 12.2. The number of ether oxygens (including phenoxy) is 1. The van der Waals surface area contributed by atoms with Gasteiger partial charge in [-0.05, 0) is 30.3 Å². The molecular formula is C19H21NO5S. The Bertz CT molecular complexity index is 819. The fourth-order valence-corrected chi connectivity index (χ4v) is 2.85. The van der Waals surface area contributed by atoms with E-state index in [1.54, 1.807) is 12.1 Å². The third-order valence-electron chi connectivity index (χ3n) is 3.46. The molecule has 1 aromatic heterocycles. The lowest BCUT2D eigenvalue weighted by molar-refractivity contribution is -0.128. The lowest BCUT2D eigenvalue weighted by atomic mass is 9.96. The zero-order chi connectivity index (χ0) is 19.3. The summed E-state index contributed by atoms with van der Waals surface area (Å²) >= 11 is 1.25. The smallest absolute Gasteiger partial charge is 0.338 e. The highest BCUT2D eigenvalue weighted by Gasteiger charge is 2.21. The number of aromatic hydroxyl groups is 1. The number of phenols is 1. The van der Waals surface area contributed by atoms with Gasteiger partial charge < -0.3 is 15.2 Å². The summed E-state index contributed by atoms with van der Waals surface area (Å²) in [6.07, 6.45) is 0. The van der Waals surface area contributed by atoms with Gasteiger partial charge in [-0.1, -0.05) is 26.8 Å². The summed E-state index contributed by atoms with van der Waals surface area (Å²) in [5.74, 6) is -1.12. The van der Waals surface area contributed by atoms with Gasteiger partial charge >= 0.3 is 5.97 Å². The van der Waals surface area contributed by atoms with Gasteiger partial charge in [0.1, 0.15) is 5.75 Å². The average molecular weight is 375 g/mol. The van der Waals surface area contributed by atoms with Crippen LogP contribution in [-0.2, 0) is 16.1 Å². The summed E-state index contributed by atoms with van der Waals surface area (Å²) in [6.45, 7) is 5.44. The van der Waals surface area contributed by atoms with Crippen LogP contribution in [0.3, 0.4) is 0 Å². The summed E-state index contributed by atoms with van der Waals surface area (Å²) in [6, 6.07) is 9.13. The molecule has 1 aromatic carbocycles. The normalized spacial score (nSPS) is 11.0. The second-order valence-electron chi connectivity index (χ2n) is 6.75. The standard InChI is InChI=1S/C19H21NO5S/c1-19(2,3)18(24)20-10-14-7-8-16(26-14)15(22)11-25-17(23)12-5-4-6-13(21)9-12/h4-9,21H,10-11H2,1-3H3,(H,20,24). The molecule has 1 heterocycles. The number of carbonyl (C=O) groups excluding carboxylic acids is 3. The molecule has 2 aromatic rings. The Labute approximate surface area is 155 Å². The van der Waals surface area contributed by atoms with Gasteiger partial charge in [0.25, 0.3) is 0 Å². The van der Waals surface area contributed by atoms with E-state index in [2.05, 4.69) is 5.32 Å². The number of carbonyl (C=O) groups is 3. The number of benzene rings is 1. The second-order valence-corrected chi connectivity index (χ2v) is 7.92. The van der Waals surface area contributed by atoms with Crippen LogP contribution in [0.1, 0.15) is 45.7 Å². The molecule has 0 saturated heterocycles. The molecule has 0 aliphatic carbocycles. The van der Waals surface area contributed by atoms with Gasteiger partial charge in [-0.25, -0.2) is 4.79 Å². The molecule has 26 heavy (non-hydrogen) atoms. The number of phenolic OH excluding ortho intramolecular Hbond substituents is 1. The highest BCUT2D eigenvalue weighted by atomic mass is 32.1. The van der Waals surface area contributed by atoms with E-state index in [1.165, 1.54) is 35.6 Å². The van der Waals surface area contributed by atoms with Crippen LogP contribution in [0.25, 0.3) is 0 Å². The first-order valence-electron chi connectivity index (χ1n) is 8.03. The quantitative estimate of drug-likeness (QED) is 0.598. The fourth-order valence-electron chi connectivity index (χ4n) is 1.97. The third-order valence-corrected chi connectivity index (χ3v) is 4.58. The Hall–Kier alpha value is -2.67. The molecule has 2 N–H and O–H groups in total. The molecule has 0 radical (unpaired) electrons. The first-order chi connectivity index (χ1) is 12.2. The zero-order valence-corrected chi connectivity index (χ0v) is 15.7. The largest absolute Gasteiger partial charge is 0.508 e. The van der Waals surface area contributed by atoms with Crippen LogP contribution in [-0.4, -0.2) is 29.4 Å². The maximum absolute atomic E-state index is 12.2. The van der Waals surface area contributed by atoms with Crippen molar-refractivity contribution in [1.29, 1.82) is 0 Å². The fraction of sp³-hybridized carbons (Fsp3) is 0.316. The lowest BCUT2D eigenvalue weighted by Crippen LogP contribution is -2.34. The van der Waals surface area contributed by atoms with Crippen LogP contribution >= 0.6 is 11.3 Å². The molecule has 0 unspecified atom stereocenters. The number of thiophene rings is 1. The monoisotopic (exact) mass is 375 g/mol. The summed E-state index contributed by atoms with van der Waals surface area (Å²) in [4.78, 5) is 37.2. The topological polar surface area (TPSA) is 92.7 Å². The molecule has 0 aliphatic heterocycles. The van der Waals surface area contributed by atoms with E-state index in [0.717, 1.165) is 4.88 Å². The number of rotatable bonds is 6. The van der Waals surface area contributed by atoms with Gasteiger partial charge in [-0.3, -0.25) is 9.59 Å². The van der Waals surface area contributed by atoms with Crippen molar-refractivity contribution in [2.45, 2.75) is 27.3 Å². The Morgan fingerprint density at radius 1 is 1.15 bits per heavy atom. The van der Waals surface area contributed by atoms with E-state index in [1.807, 2.05) is 20.8 Å². The molecular weight excluding hydrogens is 354 g/mol. The predicted octanol–water partition coefficient (Wildman–Crippen LogP) is 3.16. The van der Waals surface area contributed by atoms with Crippen molar-refractivity contribution in [3.05, 3.63) is 51.7 Å². The van der Waals surface area contributed by atoms with E-state index < -0.39 is 11.4 Å². The molecule has 0 fully saturated rings. The number of ketones is 1. The van der Waals surface area contributed by atoms with Crippen LogP contribution in [0.5, 0.6) is 5.75 Å². The van der Waals surface area contributed by atoms with Crippen LogP contribution < -0.4 is 5.32 Å². The van der Waals surface area contributed by atoms with Gasteiger partial charge in [0.15, 0.2) is 6.61 Å². The van der Waals surface area contributed by atoms with Gasteiger partial charge in [-0.2, -0.15) is 0 Å². The molecule has 0 aliphatic rings. The minimum absolute atomic E-state index is 0.0500. The lowest BCUT2D eigenvalue weighted by Gasteiger charge is -2.17. The number of hydrogen-bond donors (Lipinski definition) is 2. The van der Waals surface area contributed by atoms with Crippen molar-refractivity contribution in [2.24, 2.45) is 5.41 Å². The summed E-state index contributed by atoms with van der Waals surface area (Å²) in [7, 11) is 0. The molecule has 6 nitrogen and oxygen atoms in total. The van der Waals surface area contributed by atoms with E-state index >= 15 is 0 Å². The summed E-state index contributed by atoms with van der Waals surface area (Å²) in [5.41, 5.74) is -0.301. The van der Waals surface area contributed by atoms with Gasteiger partial charge in [-0.15, -0.1) is 11.3 Å². The van der Waals surface area contributed by atoms with Crippen molar-refractivity contribution in [3.63, 3.8) is 0 Å². The minimum Gasteiger partial charge on any atom is -0.508 e. The minimum atomic E-state index is -0.677. The number of Topliss-reactive ketones (excluding diaryl/α,β-unsaturated/α-hetero) is 1. The second kappa shape index (κ2) is 8.14. The molecule has 138 valence electrons. The number of nitrogens with one attached hydrogen (secondary N) is 1. The first kappa shape index (κ1) is 19.7. The molecule has 2 rings (SSSR count). The average Bonchev–Trinajstić information content (AvgIpc) is 3.05. The predicted molar refractivity (Wildman–Crippen MR) is 98.3 cm³/mol. The molecule has 0 spiro atoms. The number of hydrogen-bond acceptors (Lipinski definition) is 6. The Balaban J connectivity index is 1.88. The number of esters is 1. The molecule has 1 amide bonds. The Kier molecular flexibility index (Phi) is 6.15. The van der Waals surface area contributed by atoms with E-state index in [0.29, 0.717) is 11.4 Å². The van der Waals surface area contributed by atoms with E-state index in [4.69, 9.17) is 4.74 Å². The van der Waals surface area contributed by atoms with Crippen LogP contribution in [0.15, 0.2) is 36.4 Å². The van der Waals surface area contributed by atoms with Gasteiger partial charge in [0, 0.05) is 10.3 Å². The van der Waals surface area contributed by atoms with Crippen molar-refractivity contribution in [2.75, 3.05) is 6.61 Å². The number of amides is 1. The van der Waals surface area contributed by atoms with Crippen molar-refractivity contribution >= 4 is 29.0 Å². The van der Waals surface area contributed by atoms with Crippen LogP contribution in [0, 0.1) is 5.41 Å². The SMILES string of the molecule is CC(C)(C)C(=O)NCc1ccc(C(=O)COC(=O)c2cccc(O)c2)s1. The van der Waals surface area contributed by atoms with Crippen molar-refractivity contribution in [3.8, 4) is 5.75 Å². The Morgan fingerprint density at radius 3 is 2.54 bits per heavy atom. The van der Waals surface area contributed by atoms with Gasteiger partial charge in [0.2, 0.25) is 11.7 Å². The maximum Gasteiger partial charge on any atom is 0.338 e. The van der Waals surface area contributed by atoms with Crippen molar-refractivity contribution < 1.29 is 24.2 Å². The Morgan fingerprint density at radius 2 is 1.88 bits per heavy atom. The van der Waals surface area contributed by atoms with E-state index in [-0.39, 0.29) is 29.6 Å². The molecule has 0 saturated carbocycles. The van der Waals surface area contributed by atoms with Crippen LogP contribution in [0.4, 0.5) is 0 Å². The third kappa shape index (κ3) is 5.42. The molecule has 0 atom stereocenters. The highest BCUT2D eigenvalue weighted by Crippen LogP contribution is 2.19. The molecule has 0 bridgehead atoms. The van der Waals surface area contributed by atoms with Crippen molar-refractivity contribution in [1.82, 2.24) is 5.32 Å². The van der Waals surface area contributed by atoms with Crippen LogP contribution in [0.2, 0.25) is 0 Å². The van der Waals surface area contributed by atoms with Gasteiger partial charge in [0.05, 0.1) is 17.0 Å². The van der Waals surface area contributed by atoms with E-state index in [9.17, 15) is 19.5 Å². The summed E-state index contributed by atoms with van der Waals surface area (Å²) < 4.78 is 4.99. The molecule has 7 heteroatoms. The first-order valence-corrected chi connectivity index (χ1v) is 8.85.